The maximum atomic E-state index is 13.2. The second-order valence-corrected chi connectivity index (χ2v) is 5.15. The van der Waals surface area contributed by atoms with Gasteiger partial charge in [0.05, 0.1) is 6.04 Å². The molecule has 0 aliphatic rings. The van der Waals surface area contributed by atoms with E-state index >= 15 is 0 Å². The maximum absolute atomic E-state index is 13.2. The van der Waals surface area contributed by atoms with Crippen LogP contribution in [-0.4, -0.2) is 23.3 Å². The van der Waals surface area contributed by atoms with Gasteiger partial charge in [-0.25, -0.2) is 9.18 Å². The Hall–Kier alpha value is -1.82. The molecule has 1 amide bonds. The molecule has 0 saturated carbocycles. The highest BCUT2D eigenvalue weighted by Gasteiger charge is 2.20. The molecule has 0 radical (unpaired) electrons. The Balaban J connectivity index is 2.78. The fourth-order valence-electron chi connectivity index (χ4n) is 1.47. The Morgan fingerprint density at radius 2 is 2.16 bits per heavy atom. The first kappa shape index (κ1) is 15.2. The van der Waals surface area contributed by atoms with Gasteiger partial charge in [0.15, 0.2) is 11.6 Å². The van der Waals surface area contributed by atoms with Crippen molar-refractivity contribution in [3.8, 4) is 5.75 Å². The van der Waals surface area contributed by atoms with Crippen molar-refractivity contribution in [2.75, 3.05) is 6.54 Å². The molecule has 1 aromatic rings. The summed E-state index contributed by atoms with van der Waals surface area (Å²) in [6, 6.07) is 3.26. The number of amides is 1. The third-order valence-corrected chi connectivity index (χ3v) is 2.30. The predicted octanol–water partition coefficient (Wildman–Crippen LogP) is 2.06. The molecule has 5 nitrogen and oxygen atoms in total. The van der Waals surface area contributed by atoms with Crippen molar-refractivity contribution in [1.29, 1.82) is 0 Å². The molecular formula is C13H19FN2O3. The fourth-order valence-corrected chi connectivity index (χ4v) is 1.47. The van der Waals surface area contributed by atoms with Crippen molar-refractivity contribution in [3.63, 3.8) is 0 Å². The number of hydrogen-bond donors (Lipinski definition) is 3. The molecule has 0 fully saturated rings. The molecule has 0 saturated heterocycles. The van der Waals surface area contributed by atoms with Crippen molar-refractivity contribution in [2.24, 2.45) is 5.73 Å². The van der Waals surface area contributed by atoms with E-state index in [2.05, 4.69) is 5.32 Å². The standard InChI is InChI=1S/C13H19FN2O3/c1-13(2,3)19-12(18)16-10(7-15)8-4-5-11(17)9(14)6-8/h4-6,10,17H,7,15H2,1-3H3,(H,16,18). The van der Waals surface area contributed by atoms with E-state index in [9.17, 15) is 9.18 Å². The molecule has 4 N–H and O–H groups in total. The van der Waals surface area contributed by atoms with E-state index in [0.29, 0.717) is 5.56 Å². The Bertz CT molecular complexity index is 458. The van der Waals surface area contributed by atoms with Crippen LogP contribution in [-0.2, 0) is 4.74 Å². The molecule has 1 unspecified atom stereocenters. The summed E-state index contributed by atoms with van der Waals surface area (Å²) in [6.45, 7) is 5.31. The second-order valence-electron chi connectivity index (χ2n) is 5.15. The number of rotatable bonds is 3. The molecule has 1 atom stereocenters. The van der Waals surface area contributed by atoms with E-state index in [-0.39, 0.29) is 6.54 Å². The highest BCUT2D eigenvalue weighted by Crippen LogP contribution is 2.21. The lowest BCUT2D eigenvalue weighted by Crippen LogP contribution is -2.37. The lowest BCUT2D eigenvalue weighted by atomic mass is 10.1. The largest absolute Gasteiger partial charge is 0.505 e. The molecule has 1 rings (SSSR count). The molecule has 106 valence electrons. The zero-order valence-electron chi connectivity index (χ0n) is 11.2. The smallest absolute Gasteiger partial charge is 0.408 e. The lowest BCUT2D eigenvalue weighted by molar-refractivity contribution is 0.0505. The number of phenols is 1. The number of carbonyl (C=O) groups excluding carboxylic acids is 1. The first-order valence-electron chi connectivity index (χ1n) is 5.91. The minimum atomic E-state index is -0.762. The SMILES string of the molecule is CC(C)(C)OC(=O)NC(CN)c1ccc(O)c(F)c1. The van der Waals surface area contributed by atoms with E-state index in [1.54, 1.807) is 20.8 Å². The monoisotopic (exact) mass is 270 g/mol. The fraction of sp³-hybridized carbons (Fsp3) is 0.462. The third-order valence-electron chi connectivity index (χ3n) is 2.30. The van der Waals surface area contributed by atoms with Crippen LogP contribution >= 0.6 is 0 Å². The minimum Gasteiger partial charge on any atom is -0.505 e. The van der Waals surface area contributed by atoms with Gasteiger partial charge in [-0.3, -0.25) is 0 Å². The second kappa shape index (κ2) is 5.88. The number of nitrogens with two attached hydrogens (primary N) is 1. The summed E-state index contributed by atoms with van der Waals surface area (Å²) in [5.74, 6) is -1.21. The number of benzene rings is 1. The number of ether oxygens (including phenoxy) is 1. The van der Waals surface area contributed by atoms with E-state index in [1.165, 1.54) is 12.1 Å². The van der Waals surface area contributed by atoms with Crippen LogP contribution in [0.3, 0.4) is 0 Å². The number of hydrogen-bond acceptors (Lipinski definition) is 4. The van der Waals surface area contributed by atoms with Crippen molar-refractivity contribution in [2.45, 2.75) is 32.4 Å². The number of aromatic hydroxyl groups is 1. The molecule has 19 heavy (non-hydrogen) atoms. The van der Waals surface area contributed by atoms with E-state index in [0.717, 1.165) is 6.07 Å². The van der Waals surface area contributed by atoms with E-state index in [1.807, 2.05) is 0 Å². The summed E-state index contributed by atoms with van der Waals surface area (Å²) in [5.41, 5.74) is 5.39. The lowest BCUT2D eigenvalue weighted by Gasteiger charge is -2.23. The Morgan fingerprint density at radius 1 is 1.53 bits per heavy atom. The van der Waals surface area contributed by atoms with Gasteiger partial charge in [-0.2, -0.15) is 0 Å². The van der Waals surface area contributed by atoms with Gasteiger partial charge >= 0.3 is 6.09 Å². The average Bonchev–Trinajstić information content (AvgIpc) is 2.27. The normalized spacial score (nSPS) is 12.9. The molecule has 0 spiro atoms. The van der Waals surface area contributed by atoms with Gasteiger partial charge in [0, 0.05) is 6.54 Å². The van der Waals surface area contributed by atoms with Crippen molar-refractivity contribution < 1.29 is 19.0 Å². The summed E-state index contributed by atoms with van der Waals surface area (Å²) in [4.78, 5) is 11.6. The molecule has 6 heteroatoms. The minimum absolute atomic E-state index is 0.0868. The molecule has 0 heterocycles. The van der Waals surface area contributed by atoms with Gasteiger partial charge < -0.3 is 20.9 Å². The number of alkyl carbamates (subject to hydrolysis) is 1. The van der Waals surface area contributed by atoms with Crippen LogP contribution in [0.25, 0.3) is 0 Å². The summed E-state index contributed by atoms with van der Waals surface area (Å²) in [6.07, 6.45) is -0.628. The maximum Gasteiger partial charge on any atom is 0.408 e. The van der Waals surface area contributed by atoms with Gasteiger partial charge in [-0.1, -0.05) is 6.07 Å². The molecule has 1 aromatic carbocycles. The summed E-state index contributed by atoms with van der Waals surface area (Å²) in [5, 5.41) is 11.7. The first-order valence-corrected chi connectivity index (χ1v) is 5.91. The molecule has 0 aliphatic heterocycles. The van der Waals surface area contributed by atoms with Crippen molar-refractivity contribution >= 4 is 6.09 Å². The summed E-state index contributed by atoms with van der Waals surface area (Å²) < 4.78 is 18.3. The van der Waals surface area contributed by atoms with Crippen LogP contribution in [0.15, 0.2) is 18.2 Å². The van der Waals surface area contributed by atoms with Crippen LogP contribution in [0.4, 0.5) is 9.18 Å². The number of halogens is 1. The van der Waals surface area contributed by atoms with Crippen molar-refractivity contribution in [1.82, 2.24) is 5.32 Å². The Morgan fingerprint density at radius 3 is 2.63 bits per heavy atom. The predicted molar refractivity (Wildman–Crippen MR) is 69.2 cm³/mol. The molecule has 0 bridgehead atoms. The van der Waals surface area contributed by atoms with Crippen LogP contribution < -0.4 is 11.1 Å². The van der Waals surface area contributed by atoms with Gasteiger partial charge in [0.1, 0.15) is 5.60 Å². The zero-order valence-corrected chi connectivity index (χ0v) is 11.2. The van der Waals surface area contributed by atoms with Crippen molar-refractivity contribution in [3.05, 3.63) is 29.6 Å². The first-order chi connectivity index (χ1) is 8.73. The summed E-state index contributed by atoms with van der Waals surface area (Å²) in [7, 11) is 0. The van der Waals surface area contributed by atoms with Crippen LogP contribution in [0, 0.1) is 5.82 Å². The highest BCUT2D eigenvalue weighted by atomic mass is 19.1. The number of nitrogens with one attached hydrogen (secondary N) is 1. The van der Waals surface area contributed by atoms with Crippen LogP contribution in [0.1, 0.15) is 32.4 Å². The molecule has 0 aromatic heterocycles. The van der Waals surface area contributed by atoms with Crippen LogP contribution in [0.2, 0.25) is 0 Å². The van der Waals surface area contributed by atoms with Gasteiger partial charge in [0.2, 0.25) is 0 Å². The van der Waals surface area contributed by atoms with E-state index < -0.39 is 29.3 Å². The van der Waals surface area contributed by atoms with E-state index in [4.69, 9.17) is 15.6 Å². The molecular weight excluding hydrogens is 251 g/mol. The Labute approximate surface area is 111 Å². The Kier molecular flexibility index (Phi) is 4.72. The quantitative estimate of drug-likeness (QED) is 0.784. The zero-order chi connectivity index (χ0) is 14.6. The average molecular weight is 270 g/mol. The number of carbonyl (C=O) groups is 1. The highest BCUT2D eigenvalue weighted by molar-refractivity contribution is 5.68. The topological polar surface area (TPSA) is 84.6 Å². The molecule has 0 aliphatic carbocycles. The summed E-state index contributed by atoms with van der Waals surface area (Å²) >= 11 is 0. The van der Waals surface area contributed by atoms with Gasteiger partial charge in [0.25, 0.3) is 0 Å². The number of phenolic OH excluding ortho intramolecular Hbond substituents is 1. The van der Waals surface area contributed by atoms with Gasteiger partial charge in [-0.05, 0) is 38.5 Å². The van der Waals surface area contributed by atoms with Crippen LogP contribution in [0.5, 0.6) is 5.75 Å². The van der Waals surface area contributed by atoms with Gasteiger partial charge in [-0.15, -0.1) is 0 Å². The third kappa shape index (κ3) is 4.75.